The molecule has 1 saturated carbocycles. The van der Waals surface area contributed by atoms with Crippen molar-refractivity contribution in [3.63, 3.8) is 0 Å². The molecule has 5 rings (SSSR count). The van der Waals surface area contributed by atoms with E-state index in [1.54, 1.807) is 0 Å². The molecule has 0 amide bonds. The Labute approximate surface area is 161 Å². The normalized spacial score (nSPS) is 19.5. The van der Waals surface area contributed by atoms with Crippen molar-refractivity contribution in [1.82, 2.24) is 4.98 Å². The van der Waals surface area contributed by atoms with Gasteiger partial charge in [0, 0.05) is 12.3 Å². The summed E-state index contributed by atoms with van der Waals surface area (Å²) >= 11 is 0. The Bertz CT molecular complexity index is 1020. The first-order chi connectivity index (χ1) is 13.1. The molecule has 2 aliphatic carbocycles. The molecule has 3 aromatic rings. The van der Waals surface area contributed by atoms with Gasteiger partial charge in [0.15, 0.2) is 0 Å². The third-order valence-electron chi connectivity index (χ3n) is 6.38. The van der Waals surface area contributed by atoms with Crippen LogP contribution in [0.1, 0.15) is 45.7 Å². The quantitative estimate of drug-likeness (QED) is 0.580. The highest BCUT2D eigenvalue weighted by Crippen LogP contribution is 2.56. The van der Waals surface area contributed by atoms with Gasteiger partial charge in [0.2, 0.25) is 5.88 Å². The molecule has 2 nitrogen and oxygen atoms in total. The van der Waals surface area contributed by atoms with Crippen molar-refractivity contribution in [2.75, 3.05) is 0 Å². The largest absolute Gasteiger partial charge is 0.473 e. The van der Waals surface area contributed by atoms with Gasteiger partial charge < -0.3 is 4.74 Å². The summed E-state index contributed by atoms with van der Waals surface area (Å²) in [6, 6.07) is 15.2. The van der Waals surface area contributed by atoms with E-state index in [-0.39, 0.29) is 0 Å². The Kier molecular flexibility index (Phi) is 3.82. The number of hydrogen-bond donors (Lipinski definition) is 0. The molecule has 2 heteroatoms. The van der Waals surface area contributed by atoms with Crippen molar-refractivity contribution in [3.05, 3.63) is 82.0 Å². The maximum absolute atomic E-state index is 6.09. The molecule has 0 N–H and O–H groups in total. The molecule has 136 valence electrons. The minimum Gasteiger partial charge on any atom is -0.473 e. The van der Waals surface area contributed by atoms with E-state index in [0.29, 0.717) is 6.61 Å². The Morgan fingerprint density at radius 2 is 1.81 bits per heavy atom. The van der Waals surface area contributed by atoms with Crippen LogP contribution in [0.2, 0.25) is 0 Å². The summed E-state index contributed by atoms with van der Waals surface area (Å²) in [5.74, 6) is 2.43. The van der Waals surface area contributed by atoms with E-state index >= 15 is 0 Å². The molecule has 1 aromatic heterocycles. The van der Waals surface area contributed by atoms with Gasteiger partial charge in [-0.25, -0.2) is 4.98 Å². The lowest BCUT2D eigenvalue weighted by atomic mass is 9.91. The highest BCUT2D eigenvalue weighted by molar-refractivity contribution is 5.74. The zero-order chi connectivity index (χ0) is 18.5. The Morgan fingerprint density at radius 1 is 1.04 bits per heavy atom. The van der Waals surface area contributed by atoms with Crippen LogP contribution in [0.25, 0.3) is 11.1 Å². The van der Waals surface area contributed by atoms with Gasteiger partial charge in [-0.15, -0.1) is 0 Å². The van der Waals surface area contributed by atoms with Gasteiger partial charge in [-0.3, -0.25) is 0 Å². The summed E-state index contributed by atoms with van der Waals surface area (Å²) in [6.07, 6.45) is 4.61. The minimum absolute atomic E-state index is 0.559. The summed E-state index contributed by atoms with van der Waals surface area (Å²) in [4.78, 5) is 4.56. The van der Waals surface area contributed by atoms with Crippen molar-refractivity contribution in [2.24, 2.45) is 5.92 Å². The third kappa shape index (κ3) is 2.84. The molecule has 1 heterocycles. The van der Waals surface area contributed by atoms with Gasteiger partial charge in [-0.2, -0.15) is 0 Å². The Balaban J connectivity index is 1.40. The predicted molar refractivity (Wildman–Crippen MR) is 109 cm³/mol. The summed E-state index contributed by atoms with van der Waals surface area (Å²) in [5.41, 5.74) is 10.7. The number of aryl methyl sites for hydroxylation is 2. The van der Waals surface area contributed by atoms with E-state index in [0.717, 1.165) is 17.7 Å². The number of nitrogens with zero attached hydrogens (tertiary/aromatic N) is 1. The maximum Gasteiger partial charge on any atom is 0.213 e. The third-order valence-corrected chi connectivity index (χ3v) is 6.38. The summed E-state index contributed by atoms with van der Waals surface area (Å²) in [6.45, 7) is 7.13. The molecule has 1 unspecified atom stereocenters. The molecule has 27 heavy (non-hydrogen) atoms. The SMILES string of the molecule is Cc1cccc(C)c1-c1cccc(COc2cc3c(cn2)[C@@H]2CC2C3)c1C. The maximum atomic E-state index is 6.09. The molecule has 2 atom stereocenters. The lowest BCUT2D eigenvalue weighted by Gasteiger charge is -2.16. The number of pyridine rings is 1. The zero-order valence-corrected chi connectivity index (χ0v) is 16.3. The van der Waals surface area contributed by atoms with Crippen molar-refractivity contribution < 1.29 is 4.74 Å². The molecule has 2 aromatic carbocycles. The van der Waals surface area contributed by atoms with Crippen LogP contribution in [0.3, 0.4) is 0 Å². The lowest BCUT2D eigenvalue weighted by Crippen LogP contribution is -2.02. The van der Waals surface area contributed by atoms with Crippen LogP contribution in [-0.2, 0) is 13.0 Å². The fraction of sp³-hybridized carbons (Fsp3) is 0.320. The summed E-state index contributed by atoms with van der Waals surface area (Å²) < 4.78 is 6.09. The summed E-state index contributed by atoms with van der Waals surface area (Å²) in [7, 11) is 0. The van der Waals surface area contributed by atoms with Crippen molar-refractivity contribution in [3.8, 4) is 17.0 Å². The average molecular weight is 355 g/mol. The van der Waals surface area contributed by atoms with Gasteiger partial charge in [0.1, 0.15) is 6.61 Å². The smallest absolute Gasteiger partial charge is 0.213 e. The van der Waals surface area contributed by atoms with Crippen LogP contribution in [-0.4, -0.2) is 4.98 Å². The second-order valence-corrected chi connectivity index (χ2v) is 8.17. The van der Waals surface area contributed by atoms with E-state index in [2.05, 4.69) is 68.2 Å². The minimum atomic E-state index is 0.559. The zero-order valence-electron chi connectivity index (χ0n) is 16.3. The predicted octanol–water partition coefficient (Wildman–Crippen LogP) is 5.91. The first-order valence-corrected chi connectivity index (χ1v) is 9.88. The monoisotopic (exact) mass is 355 g/mol. The molecule has 2 aliphatic rings. The highest BCUT2D eigenvalue weighted by atomic mass is 16.5. The number of aromatic nitrogens is 1. The number of rotatable bonds is 4. The Morgan fingerprint density at radius 3 is 2.63 bits per heavy atom. The van der Waals surface area contributed by atoms with Crippen LogP contribution < -0.4 is 4.74 Å². The fourth-order valence-electron chi connectivity index (χ4n) is 4.71. The second-order valence-electron chi connectivity index (χ2n) is 8.17. The van der Waals surface area contributed by atoms with Crippen LogP contribution in [0.4, 0.5) is 0 Å². The van der Waals surface area contributed by atoms with Gasteiger partial charge in [0.05, 0.1) is 0 Å². The standard InChI is InChI=1S/C25H25NO/c1-15-6-4-7-16(2)25(15)21-9-5-8-18(17(21)3)14-27-24-12-20-10-19-11-22(19)23(20)13-26-24/h4-9,12-13,19,22H,10-11,14H2,1-3H3/t19?,22-/m1/s1. The molecule has 0 radical (unpaired) electrons. The van der Waals surface area contributed by atoms with Crippen LogP contribution in [0.15, 0.2) is 48.7 Å². The van der Waals surface area contributed by atoms with E-state index in [1.807, 2.05) is 6.20 Å². The van der Waals surface area contributed by atoms with Gasteiger partial charge in [0.25, 0.3) is 0 Å². The molecular formula is C25H25NO. The topological polar surface area (TPSA) is 22.1 Å². The van der Waals surface area contributed by atoms with Crippen molar-refractivity contribution in [2.45, 2.75) is 46.1 Å². The van der Waals surface area contributed by atoms with Crippen LogP contribution >= 0.6 is 0 Å². The molecule has 0 spiro atoms. The first kappa shape index (κ1) is 16.6. The second kappa shape index (κ2) is 6.23. The first-order valence-electron chi connectivity index (χ1n) is 9.88. The molecule has 0 bridgehead atoms. The van der Waals surface area contributed by atoms with E-state index in [1.165, 1.54) is 57.3 Å². The van der Waals surface area contributed by atoms with E-state index < -0.39 is 0 Å². The van der Waals surface area contributed by atoms with Crippen LogP contribution in [0.5, 0.6) is 5.88 Å². The van der Waals surface area contributed by atoms with Crippen molar-refractivity contribution in [1.29, 1.82) is 0 Å². The number of fused-ring (bicyclic) bond motifs is 3. The summed E-state index contributed by atoms with van der Waals surface area (Å²) in [5, 5.41) is 0. The van der Waals surface area contributed by atoms with E-state index in [9.17, 15) is 0 Å². The van der Waals surface area contributed by atoms with Gasteiger partial charge in [-0.05, 0) is 90.0 Å². The lowest BCUT2D eigenvalue weighted by molar-refractivity contribution is 0.293. The molecule has 0 aliphatic heterocycles. The van der Waals surface area contributed by atoms with Gasteiger partial charge >= 0.3 is 0 Å². The molecule has 0 saturated heterocycles. The van der Waals surface area contributed by atoms with Crippen molar-refractivity contribution >= 4 is 0 Å². The van der Waals surface area contributed by atoms with E-state index in [4.69, 9.17) is 4.74 Å². The van der Waals surface area contributed by atoms with Gasteiger partial charge in [-0.1, -0.05) is 36.4 Å². The Hall–Kier alpha value is -2.61. The average Bonchev–Trinajstić information content (AvgIpc) is 3.33. The van der Waals surface area contributed by atoms with Crippen LogP contribution in [0, 0.1) is 26.7 Å². The number of benzene rings is 2. The number of hydrogen-bond acceptors (Lipinski definition) is 2. The molecular weight excluding hydrogens is 330 g/mol. The highest BCUT2D eigenvalue weighted by Gasteiger charge is 2.45. The fourth-order valence-corrected chi connectivity index (χ4v) is 4.71. The molecule has 1 fully saturated rings. The number of ether oxygens (including phenoxy) is 1.